The van der Waals surface area contributed by atoms with Gasteiger partial charge in [-0.15, -0.1) is 0 Å². The second-order valence-electron chi connectivity index (χ2n) is 6.03. The van der Waals surface area contributed by atoms with Crippen LogP contribution in [0.4, 0.5) is 4.39 Å². The molecule has 2 aromatic rings. The van der Waals surface area contributed by atoms with Crippen molar-refractivity contribution in [2.45, 2.75) is 39.5 Å². The molecule has 0 bridgehead atoms. The first kappa shape index (κ1) is 17.3. The molecule has 2 aromatic carbocycles. The van der Waals surface area contributed by atoms with Gasteiger partial charge in [0.1, 0.15) is 5.82 Å². The van der Waals surface area contributed by atoms with E-state index in [1.807, 2.05) is 37.3 Å². The highest BCUT2D eigenvalue weighted by atomic mass is 35.5. The number of rotatable bonds is 6. The van der Waals surface area contributed by atoms with Crippen molar-refractivity contribution in [2.75, 3.05) is 0 Å². The average Bonchev–Trinajstić information content (AvgIpc) is 2.47. The summed E-state index contributed by atoms with van der Waals surface area (Å²) in [7, 11) is 0. The van der Waals surface area contributed by atoms with Crippen LogP contribution in [0.3, 0.4) is 0 Å². The summed E-state index contributed by atoms with van der Waals surface area (Å²) in [6.45, 7) is 4.12. The summed E-state index contributed by atoms with van der Waals surface area (Å²) in [5.74, 6) is 0.451. The smallest absolute Gasteiger partial charge is 0.126 e. The maximum Gasteiger partial charge on any atom is 0.126 e. The number of halogens is 3. The van der Waals surface area contributed by atoms with Crippen LogP contribution in [-0.4, -0.2) is 0 Å². The molecule has 0 radical (unpaired) electrons. The molecule has 0 spiro atoms. The molecule has 0 saturated heterocycles. The fourth-order valence-corrected chi connectivity index (χ4v) is 2.83. The molecule has 0 nitrogen and oxygen atoms in total. The summed E-state index contributed by atoms with van der Waals surface area (Å²) < 4.78 is 13.8. The van der Waals surface area contributed by atoms with Gasteiger partial charge < -0.3 is 0 Å². The Labute approximate surface area is 142 Å². The minimum Gasteiger partial charge on any atom is -0.207 e. The van der Waals surface area contributed by atoms with E-state index in [9.17, 15) is 4.39 Å². The second kappa shape index (κ2) is 7.99. The molecule has 0 aliphatic heterocycles. The SMILES string of the molecule is Cc1ccc(CCC(C)CCc2ccc(Cl)c(Cl)c2)c(F)c1. The van der Waals surface area contributed by atoms with E-state index in [1.54, 1.807) is 6.07 Å². The number of benzene rings is 2. The minimum absolute atomic E-state index is 0.0864. The van der Waals surface area contributed by atoms with Crippen molar-refractivity contribution in [1.82, 2.24) is 0 Å². The zero-order valence-corrected chi connectivity index (χ0v) is 14.5. The van der Waals surface area contributed by atoms with Crippen LogP contribution in [0.1, 0.15) is 36.5 Å². The van der Waals surface area contributed by atoms with Gasteiger partial charge in [-0.1, -0.05) is 48.3 Å². The predicted octanol–water partition coefficient (Wildman–Crippen LogP) is 6.64. The van der Waals surface area contributed by atoms with Gasteiger partial charge in [-0.25, -0.2) is 4.39 Å². The Bertz CT molecular complexity index is 637. The Kier molecular flexibility index (Phi) is 6.28. The van der Waals surface area contributed by atoms with Crippen LogP contribution in [0.15, 0.2) is 36.4 Å². The van der Waals surface area contributed by atoms with Gasteiger partial charge >= 0.3 is 0 Å². The van der Waals surface area contributed by atoms with Gasteiger partial charge in [0, 0.05) is 0 Å². The lowest BCUT2D eigenvalue weighted by Gasteiger charge is -2.12. The molecule has 0 fully saturated rings. The molecule has 0 aliphatic carbocycles. The van der Waals surface area contributed by atoms with Crippen LogP contribution in [0.5, 0.6) is 0 Å². The number of hydrogen-bond donors (Lipinski definition) is 0. The van der Waals surface area contributed by atoms with Crippen molar-refractivity contribution in [3.63, 3.8) is 0 Å². The van der Waals surface area contributed by atoms with E-state index >= 15 is 0 Å². The van der Waals surface area contributed by atoms with Crippen molar-refractivity contribution in [3.05, 3.63) is 69.0 Å². The third kappa shape index (κ3) is 5.00. The lowest BCUT2D eigenvalue weighted by Crippen LogP contribution is -2.01. The van der Waals surface area contributed by atoms with Gasteiger partial charge in [-0.3, -0.25) is 0 Å². The largest absolute Gasteiger partial charge is 0.207 e. The molecule has 0 amide bonds. The van der Waals surface area contributed by atoms with E-state index in [1.165, 1.54) is 5.56 Å². The highest BCUT2D eigenvalue weighted by Crippen LogP contribution is 2.24. The van der Waals surface area contributed by atoms with Gasteiger partial charge in [-0.05, 0) is 73.4 Å². The molecule has 0 saturated carbocycles. The van der Waals surface area contributed by atoms with Gasteiger partial charge in [0.25, 0.3) is 0 Å². The van der Waals surface area contributed by atoms with Crippen LogP contribution in [-0.2, 0) is 12.8 Å². The fraction of sp³-hybridized carbons (Fsp3) is 0.368. The fourth-order valence-electron chi connectivity index (χ4n) is 2.51. The molecule has 3 heteroatoms. The summed E-state index contributed by atoms with van der Waals surface area (Å²) in [5, 5.41) is 1.20. The summed E-state index contributed by atoms with van der Waals surface area (Å²) in [6.07, 6.45) is 3.80. The molecule has 22 heavy (non-hydrogen) atoms. The summed E-state index contributed by atoms with van der Waals surface area (Å²) >= 11 is 11.9. The Morgan fingerprint density at radius 2 is 1.68 bits per heavy atom. The third-order valence-corrected chi connectivity index (χ3v) is 4.76. The Hall–Kier alpha value is -1.05. The number of aryl methyl sites for hydroxylation is 3. The zero-order valence-electron chi connectivity index (χ0n) is 13.0. The third-order valence-electron chi connectivity index (χ3n) is 4.02. The number of hydrogen-bond acceptors (Lipinski definition) is 0. The summed E-state index contributed by atoms with van der Waals surface area (Å²) in [4.78, 5) is 0. The van der Waals surface area contributed by atoms with Crippen molar-refractivity contribution in [2.24, 2.45) is 5.92 Å². The topological polar surface area (TPSA) is 0 Å². The van der Waals surface area contributed by atoms with Crippen molar-refractivity contribution in [3.8, 4) is 0 Å². The average molecular weight is 339 g/mol. The van der Waals surface area contributed by atoms with E-state index < -0.39 is 0 Å². The highest BCUT2D eigenvalue weighted by molar-refractivity contribution is 6.42. The molecule has 0 heterocycles. The van der Waals surface area contributed by atoms with Crippen molar-refractivity contribution < 1.29 is 4.39 Å². The molecule has 1 unspecified atom stereocenters. The van der Waals surface area contributed by atoms with E-state index in [2.05, 4.69) is 6.92 Å². The van der Waals surface area contributed by atoms with E-state index in [0.29, 0.717) is 16.0 Å². The van der Waals surface area contributed by atoms with Crippen LogP contribution in [0, 0.1) is 18.7 Å². The lowest BCUT2D eigenvalue weighted by molar-refractivity contribution is 0.485. The van der Waals surface area contributed by atoms with Crippen molar-refractivity contribution >= 4 is 23.2 Å². The molecule has 0 aliphatic rings. The first-order valence-electron chi connectivity index (χ1n) is 7.64. The standard InChI is InChI=1S/C19H21Cl2F/c1-13(3-6-15-7-10-17(20)18(21)12-15)4-8-16-9-5-14(2)11-19(16)22/h5,7,9-13H,3-4,6,8H2,1-2H3. The van der Waals surface area contributed by atoms with E-state index in [0.717, 1.165) is 36.8 Å². The van der Waals surface area contributed by atoms with Gasteiger partial charge in [-0.2, -0.15) is 0 Å². The monoisotopic (exact) mass is 338 g/mol. The van der Waals surface area contributed by atoms with Crippen LogP contribution in [0.2, 0.25) is 10.0 Å². The molecular formula is C19H21Cl2F. The Morgan fingerprint density at radius 3 is 2.36 bits per heavy atom. The minimum atomic E-state index is -0.0864. The molecule has 118 valence electrons. The maximum absolute atomic E-state index is 13.8. The van der Waals surface area contributed by atoms with Crippen LogP contribution < -0.4 is 0 Å². The second-order valence-corrected chi connectivity index (χ2v) is 6.84. The van der Waals surface area contributed by atoms with Crippen LogP contribution >= 0.6 is 23.2 Å². The molecule has 2 rings (SSSR count). The van der Waals surface area contributed by atoms with E-state index in [-0.39, 0.29) is 5.82 Å². The molecule has 0 aromatic heterocycles. The molecule has 0 N–H and O–H groups in total. The first-order chi connectivity index (χ1) is 10.5. The van der Waals surface area contributed by atoms with Crippen molar-refractivity contribution in [1.29, 1.82) is 0 Å². The first-order valence-corrected chi connectivity index (χ1v) is 8.40. The quantitative estimate of drug-likeness (QED) is 0.553. The predicted molar refractivity (Wildman–Crippen MR) is 93.4 cm³/mol. The van der Waals surface area contributed by atoms with Gasteiger partial charge in [0.15, 0.2) is 0 Å². The maximum atomic E-state index is 13.8. The Balaban J connectivity index is 1.82. The summed E-state index contributed by atoms with van der Waals surface area (Å²) in [5.41, 5.74) is 2.98. The van der Waals surface area contributed by atoms with E-state index in [4.69, 9.17) is 23.2 Å². The highest BCUT2D eigenvalue weighted by Gasteiger charge is 2.08. The zero-order chi connectivity index (χ0) is 16.1. The normalized spacial score (nSPS) is 12.4. The molecule has 1 atom stereocenters. The lowest BCUT2D eigenvalue weighted by atomic mass is 9.94. The van der Waals surface area contributed by atoms with Gasteiger partial charge in [0.05, 0.1) is 10.0 Å². The summed E-state index contributed by atoms with van der Waals surface area (Å²) in [6, 6.07) is 11.3. The van der Waals surface area contributed by atoms with Crippen LogP contribution in [0.25, 0.3) is 0 Å². The van der Waals surface area contributed by atoms with Gasteiger partial charge in [0.2, 0.25) is 0 Å². The molecular weight excluding hydrogens is 318 g/mol. The Morgan fingerprint density at radius 1 is 0.955 bits per heavy atom.